The first-order valence-corrected chi connectivity index (χ1v) is 6.64. The van der Waals surface area contributed by atoms with Crippen molar-refractivity contribution in [3.05, 3.63) is 47.0 Å². The van der Waals surface area contributed by atoms with E-state index in [0.717, 1.165) is 17.7 Å². The molecule has 0 unspecified atom stereocenters. The van der Waals surface area contributed by atoms with Crippen LogP contribution in [0, 0.1) is 0 Å². The molecule has 0 fully saturated rings. The molecule has 1 N–H and O–H groups in total. The van der Waals surface area contributed by atoms with Gasteiger partial charge in [0.25, 0.3) is 0 Å². The lowest BCUT2D eigenvalue weighted by molar-refractivity contribution is 0.317. The Kier molecular flexibility index (Phi) is 2.01. The Bertz CT molecular complexity index is 672. The van der Waals surface area contributed by atoms with Crippen LogP contribution in [0.5, 0.6) is 0 Å². The average molecular weight is 237 g/mol. The van der Waals surface area contributed by atoms with Gasteiger partial charge < -0.3 is 5.21 Å². The van der Waals surface area contributed by atoms with Crippen LogP contribution >= 0.6 is 0 Å². The monoisotopic (exact) mass is 237 g/mol. The van der Waals surface area contributed by atoms with E-state index in [1.165, 1.54) is 41.2 Å². The number of benzene rings is 2. The van der Waals surface area contributed by atoms with Crippen LogP contribution in [-0.2, 0) is 6.42 Å². The Morgan fingerprint density at radius 3 is 3.00 bits per heavy atom. The van der Waals surface area contributed by atoms with Gasteiger partial charge in [-0.25, -0.2) is 0 Å². The predicted molar refractivity (Wildman–Crippen MR) is 72.6 cm³/mol. The zero-order chi connectivity index (χ0) is 12.1. The number of hydrogen-bond donors (Lipinski definition) is 1. The fraction of sp³-hybridized carbons (Fsp3) is 0.312. The fourth-order valence-corrected chi connectivity index (χ4v) is 3.70. The molecule has 1 atom stereocenters. The molecule has 90 valence electrons. The normalized spacial score (nSPS) is 23.6. The lowest BCUT2D eigenvalue weighted by Gasteiger charge is -2.32. The molecule has 2 aromatic carbocycles. The van der Waals surface area contributed by atoms with Crippen molar-refractivity contribution in [3.8, 4) is 0 Å². The molecule has 0 bridgehead atoms. The molecular weight excluding hydrogens is 222 g/mol. The van der Waals surface area contributed by atoms with Crippen LogP contribution in [0.15, 0.2) is 35.5 Å². The van der Waals surface area contributed by atoms with Gasteiger partial charge in [0.05, 0.1) is 5.71 Å². The second kappa shape index (κ2) is 3.58. The molecule has 0 saturated carbocycles. The summed E-state index contributed by atoms with van der Waals surface area (Å²) in [4.78, 5) is 0. The van der Waals surface area contributed by atoms with Gasteiger partial charge in [0.2, 0.25) is 0 Å². The van der Waals surface area contributed by atoms with Crippen molar-refractivity contribution in [3.63, 3.8) is 0 Å². The summed E-state index contributed by atoms with van der Waals surface area (Å²) in [6, 6.07) is 10.8. The van der Waals surface area contributed by atoms with Gasteiger partial charge >= 0.3 is 0 Å². The van der Waals surface area contributed by atoms with E-state index < -0.39 is 0 Å². The van der Waals surface area contributed by atoms with E-state index in [0.29, 0.717) is 5.92 Å². The van der Waals surface area contributed by atoms with Gasteiger partial charge in [-0.1, -0.05) is 35.5 Å². The molecule has 2 aliphatic rings. The minimum atomic E-state index is 0.554. The first kappa shape index (κ1) is 10.1. The van der Waals surface area contributed by atoms with Gasteiger partial charge in [0.15, 0.2) is 0 Å². The SMILES string of the molecule is O/N=C1/C[C@H]2CCCc3ccc4cccc1c4c32. The highest BCUT2D eigenvalue weighted by molar-refractivity contribution is 6.14. The molecule has 2 nitrogen and oxygen atoms in total. The second-order valence-corrected chi connectivity index (χ2v) is 5.38. The maximum atomic E-state index is 9.26. The van der Waals surface area contributed by atoms with Gasteiger partial charge in [-0.05, 0) is 47.1 Å². The van der Waals surface area contributed by atoms with Gasteiger partial charge in [-0.2, -0.15) is 0 Å². The number of hydrogen-bond acceptors (Lipinski definition) is 2. The van der Waals surface area contributed by atoms with Gasteiger partial charge in [0.1, 0.15) is 0 Å². The summed E-state index contributed by atoms with van der Waals surface area (Å²) in [7, 11) is 0. The smallest absolute Gasteiger partial charge is 0.0880 e. The Labute approximate surface area is 106 Å². The third kappa shape index (κ3) is 1.20. The van der Waals surface area contributed by atoms with E-state index in [2.05, 4.69) is 35.5 Å². The van der Waals surface area contributed by atoms with Crippen molar-refractivity contribution in [1.29, 1.82) is 0 Å². The van der Waals surface area contributed by atoms with Crippen molar-refractivity contribution < 1.29 is 5.21 Å². The van der Waals surface area contributed by atoms with Crippen molar-refractivity contribution in [1.82, 2.24) is 0 Å². The van der Waals surface area contributed by atoms with E-state index in [1.807, 2.05) is 0 Å². The van der Waals surface area contributed by atoms with Crippen LogP contribution in [-0.4, -0.2) is 10.9 Å². The number of nitrogens with zero attached hydrogens (tertiary/aromatic N) is 1. The molecule has 0 heterocycles. The minimum absolute atomic E-state index is 0.554. The summed E-state index contributed by atoms with van der Waals surface area (Å²) in [6.07, 6.45) is 4.56. The molecule has 2 heteroatoms. The van der Waals surface area contributed by atoms with Crippen LogP contribution in [0.4, 0.5) is 0 Å². The standard InChI is InChI=1S/C16H15NO/c18-17-14-9-12-5-1-3-10-7-8-11-4-2-6-13(14)16(11)15(10)12/h2,4,6-8,12,18H,1,3,5,9H2/b17-14-/t12-/m1/s1. The maximum Gasteiger partial charge on any atom is 0.0880 e. The molecule has 4 rings (SSSR count). The lowest BCUT2D eigenvalue weighted by Crippen LogP contribution is -2.20. The molecule has 2 aromatic rings. The summed E-state index contributed by atoms with van der Waals surface area (Å²) in [5.41, 5.74) is 5.02. The molecule has 0 radical (unpaired) electrons. The summed E-state index contributed by atoms with van der Waals surface area (Å²) in [5, 5.41) is 15.4. The molecule has 0 saturated heterocycles. The third-order valence-corrected chi connectivity index (χ3v) is 4.45. The van der Waals surface area contributed by atoms with E-state index in [4.69, 9.17) is 0 Å². The van der Waals surface area contributed by atoms with Crippen LogP contribution in [0.3, 0.4) is 0 Å². The van der Waals surface area contributed by atoms with Crippen LogP contribution in [0.2, 0.25) is 0 Å². The van der Waals surface area contributed by atoms with E-state index in [9.17, 15) is 5.21 Å². The topological polar surface area (TPSA) is 32.6 Å². The number of oxime groups is 1. The lowest BCUT2D eigenvalue weighted by atomic mass is 9.72. The Hall–Kier alpha value is -1.83. The first-order chi connectivity index (χ1) is 8.88. The van der Waals surface area contributed by atoms with Gasteiger partial charge in [0, 0.05) is 12.0 Å². The maximum absolute atomic E-state index is 9.26. The van der Waals surface area contributed by atoms with E-state index >= 15 is 0 Å². The summed E-state index contributed by atoms with van der Waals surface area (Å²) in [6.45, 7) is 0. The molecule has 0 amide bonds. The van der Waals surface area contributed by atoms with Crippen molar-refractivity contribution in [2.45, 2.75) is 31.6 Å². The Balaban J connectivity index is 2.18. The van der Waals surface area contributed by atoms with Crippen LogP contribution < -0.4 is 0 Å². The fourth-order valence-electron chi connectivity index (χ4n) is 3.70. The molecule has 0 aromatic heterocycles. The molecule has 2 aliphatic carbocycles. The van der Waals surface area contributed by atoms with Crippen molar-refractivity contribution in [2.24, 2.45) is 5.16 Å². The van der Waals surface area contributed by atoms with Gasteiger partial charge in [-0.15, -0.1) is 0 Å². The van der Waals surface area contributed by atoms with Crippen LogP contribution in [0.1, 0.15) is 41.9 Å². The molecule has 18 heavy (non-hydrogen) atoms. The average Bonchev–Trinajstić information content (AvgIpc) is 2.44. The second-order valence-electron chi connectivity index (χ2n) is 5.38. The summed E-state index contributed by atoms with van der Waals surface area (Å²) in [5.74, 6) is 0.554. The third-order valence-electron chi connectivity index (χ3n) is 4.45. The zero-order valence-corrected chi connectivity index (χ0v) is 10.2. The zero-order valence-electron chi connectivity index (χ0n) is 10.2. The summed E-state index contributed by atoms with van der Waals surface area (Å²) < 4.78 is 0. The van der Waals surface area contributed by atoms with Crippen LogP contribution in [0.25, 0.3) is 10.8 Å². The number of aryl methyl sites for hydroxylation is 1. The van der Waals surface area contributed by atoms with E-state index in [-0.39, 0.29) is 0 Å². The van der Waals surface area contributed by atoms with E-state index in [1.54, 1.807) is 0 Å². The Morgan fingerprint density at radius 1 is 1.17 bits per heavy atom. The Morgan fingerprint density at radius 2 is 2.11 bits per heavy atom. The quantitative estimate of drug-likeness (QED) is 0.548. The molecule has 0 spiro atoms. The highest BCUT2D eigenvalue weighted by Gasteiger charge is 2.30. The first-order valence-electron chi connectivity index (χ1n) is 6.64. The molecular formula is C16H15NO. The van der Waals surface area contributed by atoms with Crippen molar-refractivity contribution in [2.75, 3.05) is 0 Å². The summed E-state index contributed by atoms with van der Waals surface area (Å²) >= 11 is 0. The largest absolute Gasteiger partial charge is 0.411 e. The van der Waals surface area contributed by atoms with Gasteiger partial charge in [-0.3, -0.25) is 0 Å². The van der Waals surface area contributed by atoms with Crippen molar-refractivity contribution >= 4 is 16.5 Å². The highest BCUT2D eigenvalue weighted by Crippen LogP contribution is 2.44. The predicted octanol–water partition coefficient (Wildman–Crippen LogP) is 3.84. The number of rotatable bonds is 0. The highest BCUT2D eigenvalue weighted by atomic mass is 16.4. The minimum Gasteiger partial charge on any atom is -0.411 e. The molecule has 0 aliphatic heterocycles.